The molecule has 0 fully saturated rings. The number of carbonyl (C=O) groups is 1. The molecule has 2 rings (SSSR count). The van der Waals surface area contributed by atoms with Crippen LogP contribution < -0.4 is 0 Å². The van der Waals surface area contributed by atoms with Gasteiger partial charge in [0.1, 0.15) is 9.71 Å². The predicted octanol–water partition coefficient (Wildman–Crippen LogP) is 3.72. The molecular weight excluding hydrogens is 248 g/mol. The van der Waals surface area contributed by atoms with Gasteiger partial charge in [0.05, 0.1) is 11.7 Å². The topological polar surface area (TPSA) is 55.1 Å². The number of hydrogen-bond acceptors (Lipinski definition) is 3. The highest BCUT2D eigenvalue weighted by Gasteiger charge is 2.19. The van der Waals surface area contributed by atoms with Crippen molar-refractivity contribution in [2.45, 2.75) is 46.1 Å². The number of carboxylic acid groups (broad SMARTS) is 1. The summed E-state index contributed by atoms with van der Waals surface area (Å²) in [5, 5.41) is 14.8. The molecule has 0 aliphatic heterocycles. The van der Waals surface area contributed by atoms with Gasteiger partial charge in [0.15, 0.2) is 0 Å². The van der Waals surface area contributed by atoms with Crippen LogP contribution in [0.25, 0.3) is 10.2 Å². The molecule has 4 nitrogen and oxygen atoms in total. The van der Waals surface area contributed by atoms with Gasteiger partial charge in [-0.15, -0.1) is 11.3 Å². The minimum absolute atomic E-state index is 0.304. The van der Waals surface area contributed by atoms with Crippen LogP contribution in [0.4, 0.5) is 0 Å². The van der Waals surface area contributed by atoms with E-state index in [-0.39, 0.29) is 0 Å². The second-order valence-corrected chi connectivity index (χ2v) is 5.56. The van der Waals surface area contributed by atoms with Crippen molar-refractivity contribution in [3.63, 3.8) is 0 Å². The maximum absolute atomic E-state index is 11.1. The summed E-state index contributed by atoms with van der Waals surface area (Å²) in [7, 11) is 0. The monoisotopic (exact) mass is 266 g/mol. The summed E-state index contributed by atoms with van der Waals surface area (Å²) in [4.78, 5) is 12.5. The molecule has 0 saturated carbocycles. The van der Waals surface area contributed by atoms with E-state index in [4.69, 9.17) is 5.11 Å². The van der Waals surface area contributed by atoms with Crippen molar-refractivity contribution in [2.24, 2.45) is 0 Å². The van der Waals surface area contributed by atoms with E-state index in [0.29, 0.717) is 10.9 Å². The third-order valence-corrected chi connectivity index (χ3v) is 4.28. The van der Waals surface area contributed by atoms with Crippen LogP contribution in [-0.2, 0) is 6.42 Å². The zero-order chi connectivity index (χ0) is 13.3. The Kier molecular flexibility index (Phi) is 3.71. The first kappa shape index (κ1) is 13.1. The maximum Gasteiger partial charge on any atom is 0.345 e. The molecule has 0 spiro atoms. The lowest BCUT2D eigenvalue weighted by Crippen LogP contribution is -2.05. The first-order valence-electron chi connectivity index (χ1n) is 6.32. The summed E-state index contributed by atoms with van der Waals surface area (Å²) < 4.78 is 1.98. The van der Waals surface area contributed by atoms with Crippen LogP contribution in [0.2, 0.25) is 0 Å². The van der Waals surface area contributed by atoms with E-state index in [9.17, 15) is 4.79 Å². The molecule has 1 unspecified atom stereocenters. The SMILES string of the molecule is CCCc1nn(C(C)CC)c2sc(C(=O)O)cc12. The third-order valence-electron chi connectivity index (χ3n) is 3.17. The van der Waals surface area contributed by atoms with Crippen molar-refractivity contribution >= 4 is 27.5 Å². The fraction of sp³-hybridized carbons (Fsp3) is 0.538. The van der Waals surface area contributed by atoms with Crippen molar-refractivity contribution < 1.29 is 9.90 Å². The first-order chi connectivity index (χ1) is 8.58. The Hall–Kier alpha value is -1.36. The van der Waals surface area contributed by atoms with Gasteiger partial charge in [0, 0.05) is 5.39 Å². The lowest BCUT2D eigenvalue weighted by atomic mass is 10.2. The number of aromatic carboxylic acids is 1. The van der Waals surface area contributed by atoms with Crippen LogP contribution >= 0.6 is 11.3 Å². The number of hydrogen-bond donors (Lipinski definition) is 1. The molecule has 0 saturated heterocycles. The molecule has 2 aromatic rings. The zero-order valence-corrected chi connectivity index (χ0v) is 11.8. The van der Waals surface area contributed by atoms with Crippen LogP contribution in [0.3, 0.4) is 0 Å². The van der Waals surface area contributed by atoms with Gasteiger partial charge in [-0.05, 0) is 25.8 Å². The summed E-state index contributed by atoms with van der Waals surface area (Å²) in [6, 6.07) is 2.07. The molecule has 0 aromatic carbocycles. The molecule has 1 atom stereocenters. The Morgan fingerprint density at radius 2 is 2.28 bits per heavy atom. The average molecular weight is 266 g/mol. The zero-order valence-electron chi connectivity index (χ0n) is 10.9. The highest BCUT2D eigenvalue weighted by atomic mass is 32.1. The number of carboxylic acids is 1. The molecule has 18 heavy (non-hydrogen) atoms. The molecule has 98 valence electrons. The first-order valence-corrected chi connectivity index (χ1v) is 7.14. The molecule has 0 aliphatic carbocycles. The number of rotatable bonds is 5. The molecule has 1 N–H and O–H groups in total. The Labute approximate surface area is 110 Å². The summed E-state index contributed by atoms with van der Waals surface area (Å²) >= 11 is 1.32. The largest absolute Gasteiger partial charge is 0.477 e. The van der Waals surface area contributed by atoms with Crippen LogP contribution in [0.5, 0.6) is 0 Å². The normalized spacial score (nSPS) is 13.1. The van der Waals surface area contributed by atoms with Crippen LogP contribution in [0.15, 0.2) is 6.07 Å². The van der Waals surface area contributed by atoms with Gasteiger partial charge in [0.25, 0.3) is 0 Å². The van der Waals surface area contributed by atoms with E-state index >= 15 is 0 Å². The van der Waals surface area contributed by atoms with Gasteiger partial charge in [-0.2, -0.15) is 5.10 Å². The van der Waals surface area contributed by atoms with Gasteiger partial charge < -0.3 is 5.11 Å². The minimum atomic E-state index is -0.852. The van der Waals surface area contributed by atoms with Gasteiger partial charge in [-0.25, -0.2) is 4.79 Å². The quantitative estimate of drug-likeness (QED) is 0.897. The van der Waals surface area contributed by atoms with Crippen molar-refractivity contribution in [1.29, 1.82) is 0 Å². The molecule has 2 aromatic heterocycles. The van der Waals surface area contributed by atoms with Gasteiger partial charge in [0.2, 0.25) is 0 Å². The maximum atomic E-state index is 11.1. The standard InChI is InChI=1S/C13H18N2O2S/c1-4-6-10-9-7-11(13(16)17)18-12(9)15(14-10)8(3)5-2/h7-8H,4-6H2,1-3H3,(H,16,17). The number of aryl methyl sites for hydroxylation is 1. The molecule has 2 heterocycles. The molecule has 0 radical (unpaired) electrons. The highest BCUT2D eigenvalue weighted by Crippen LogP contribution is 2.31. The van der Waals surface area contributed by atoms with E-state index in [0.717, 1.165) is 35.2 Å². The molecule has 5 heteroatoms. The van der Waals surface area contributed by atoms with Gasteiger partial charge >= 0.3 is 5.97 Å². The summed E-state index contributed by atoms with van der Waals surface area (Å²) in [5.41, 5.74) is 1.02. The van der Waals surface area contributed by atoms with Crippen molar-refractivity contribution in [2.75, 3.05) is 0 Å². The van der Waals surface area contributed by atoms with Crippen LogP contribution in [-0.4, -0.2) is 20.9 Å². The Morgan fingerprint density at radius 1 is 1.56 bits per heavy atom. The second kappa shape index (κ2) is 5.10. The third kappa shape index (κ3) is 2.14. The fourth-order valence-corrected chi connectivity index (χ4v) is 3.06. The number of fused-ring (bicyclic) bond motifs is 1. The van der Waals surface area contributed by atoms with Gasteiger partial charge in [-0.1, -0.05) is 20.3 Å². The second-order valence-electron chi connectivity index (χ2n) is 4.53. The Morgan fingerprint density at radius 3 is 2.83 bits per heavy atom. The predicted molar refractivity (Wildman–Crippen MR) is 73.6 cm³/mol. The molecule has 0 bridgehead atoms. The van der Waals surface area contributed by atoms with E-state index in [1.807, 2.05) is 4.68 Å². The molecule has 0 aliphatic rings. The Balaban J connectivity index is 2.59. The van der Waals surface area contributed by atoms with Crippen molar-refractivity contribution in [3.8, 4) is 0 Å². The lowest BCUT2D eigenvalue weighted by molar-refractivity contribution is 0.0702. The number of nitrogens with zero attached hydrogens (tertiary/aromatic N) is 2. The lowest BCUT2D eigenvalue weighted by Gasteiger charge is -2.09. The Bertz CT molecular complexity index is 571. The molecule has 0 amide bonds. The average Bonchev–Trinajstić information content (AvgIpc) is 2.89. The summed E-state index contributed by atoms with van der Waals surface area (Å²) in [5.74, 6) is -0.852. The molecular formula is C13H18N2O2S. The van der Waals surface area contributed by atoms with Crippen LogP contribution in [0, 0.1) is 0 Å². The van der Waals surface area contributed by atoms with E-state index in [1.165, 1.54) is 11.3 Å². The van der Waals surface area contributed by atoms with Crippen LogP contribution in [0.1, 0.15) is 55.0 Å². The minimum Gasteiger partial charge on any atom is -0.477 e. The van der Waals surface area contributed by atoms with E-state index in [1.54, 1.807) is 6.07 Å². The summed E-state index contributed by atoms with van der Waals surface area (Å²) in [6.07, 6.45) is 2.91. The van der Waals surface area contributed by atoms with Crippen molar-refractivity contribution in [1.82, 2.24) is 9.78 Å². The number of aromatic nitrogens is 2. The highest BCUT2D eigenvalue weighted by molar-refractivity contribution is 7.20. The smallest absolute Gasteiger partial charge is 0.345 e. The number of thiophene rings is 1. The van der Waals surface area contributed by atoms with Gasteiger partial charge in [-0.3, -0.25) is 4.68 Å². The van der Waals surface area contributed by atoms with Crippen molar-refractivity contribution in [3.05, 3.63) is 16.6 Å². The summed E-state index contributed by atoms with van der Waals surface area (Å²) in [6.45, 7) is 6.34. The van der Waals surface area contributed by atoms with E-state index in [2.05, 4.69) is 25.9 Å². The fourth-order valence-electron chi connectivity index (χ4n) is 1.99. The van der Waals surface area contributed by atoms with E-state index < -0.39 is 5.97 Å².